The molecule has 2 amide bonds. The minimum atomic E-state index is -4.17. The molecule has 0 spiro atoms. The van der Waals surface area contributed by atoms with Crippen molar-refractivity contribution in [3.05, 3.63) is 64.2 Å². The van der Waals surface area contributed by atoms with Crippen molar-refractivity contribution in [3.63, 3.8) is 0 Å². The van der Waals surface area contributed by atoms with Gasteiger partial charge in [-0.15, -0.1) is 0 Å². The van der Waals surface area contributed by atoms with Crippen LogP contribution in [0.2, 0.25) is 0 Å². The fraction of sp³-hybridized carbons (Fsp3) is 0.391. The summed E-state index contributed by atoms with van der Waals surface area (Å²) in [6.07, 6.45) is 1.30. The van der Waals surface area contributed by atoms with E-state index in [1.165, 1.54) is 30.3 Å². The van der Waals surface area contributed by atoms with Crippen LogP contribution >= 0.6 is 0 Å². The van der Waals surface area contributed by atoms with Crippen molar-refractivity contribution < 1.29 is 22.9 Å². The van der Waals surface area contributed by atoms with Crippen molar-refractivity contribution in [1.29, 1.82) is 0 Å². The van der Waals surface area contributed by atoms with Crippen molar-refractivity contribution in [3.8, 4) is 0 Å². The van der Waals surface area contributed by atoms with Crippen LogP contribution in [0, 0.1) is 16.0 Å². The quantitative estimate of drug-likeness (QED) is 0.449. The Hall–Kier alpha value is -3.47. The number of sulfonamides is 1. The van der Waals surface area contributed by atoms with Crippen molar-refractivity contribution in [1.82, 2.24) is 9.80 Å². The molecule has 2 aromatic rings. The first kappa shape index (κ1) is 25.2. The molecule has 3 rings (SSSR count). The predicted molar refractivity (Wildman–Crippen MR) is 127 cm³/mol. The molecule has 0 saturated carbocycles. The van der Waals surface area contributed by atoms with Crippen LogP contribution in [-0.2, 0) is 14.8 Å². The average molecular weight is 489 g/mol. The number of para-hydroxylation sites is 1. The minimum Gasteiger partial charge on any atom is -0.339 e. The summed E-state index contributed by atoms with van der Waals surface area (Å²) in [6, 6.07) is 10.9. The van der Waals surface area contributed by atoms with Gasteiger partial charge < -0.3 is 9.80 Å². The summed E-state index contributed by atoms with van der Waals surface area (Å²) in [5, 5.41) is 11.0. The van der Waals surface area contributed by atoms with Gasteiger partial charge in [-0.25, -0.2) is 8.42 Å². The van der Waals surface area contributed by atoms with Gasteiger partial charge in [0.15, 0.2) is 0 Å². The van der Waals surface area contributed by atoms with Crippen LogP contribution in [0.25, 0.3) is 0 Å². The zero-order chi connectivity index (χ0) is 24.9. The van der Waals surface area contributed by atoms with Crippen LogP contribution < -0.4 is 4.72 Å². The maximum Gasteiger partial charge on any atom is 0.270 e. The third-order valence-electron chi connectivity index (χ3n) is 5.60. The Bertz CT molecular complexity index is 1170. The first-order valence-corrected chi connectivity index (χ1v) is 12.5. The van der Waals surface area contributed by atoms with Crippen LogP contribution in [0.3, 0.4) is 0 Å². The van der Waals surface area contributed by atoms with Crippen LogP contribution in [0.1, 0.15) is 37.0 Å². The van der Waals surface area contributed by atoms with Gasteiger partial charge in [-0.1, -0.05) is 32.0 Å². The van der Waals surface area contributed by atoms with Gasteiger partial charge in [0.25, 0.3) is 21.6 Å². The van der Waals surface area contributed by atoms with Gasteiger partial charge in [-0.05, 0) is 30.5 Å². The lowest BCUT2D eigenvalue weighted by Crippen LogP contribution is -2.50. The van der Waals surface area contributed by atoms with Gasteiger partial charge in [-0.2, -0.15) is 0 Å². The van der Waals surface area contributed by atoms with Crippen LogP contribution in [0.15, 0.2) is 53.4 Å². The second kappa shape index (κ2) is 10.6. The van der Waals surface area contributed by atoms with E-state index < -0.39 is 14.9 Å². The molecule has 1 aliphatic rings. The lowest BCUT2D eigenvalue weighted by atomic mass is 10.1. The Morgan fingerprint density at radius 2 is 1.68 bits per heavy atom. The van der Waals surface area contributed by atoms with Crippen molar-refractivity contribution in [2.75, 3.05) is 30.9 Å². The molecule has 34 heavy (non-hydrogen) atoms. The lowest BCUT2D eigenvalue weighted by molar-refractivity contribution is -0.385. The number of carbonyl (C=O) groups excluding carboxylic acids is 2. The summed E-state index contributed by atoms with van der Waals surface area (Å²) in [7, 11) is -4.17. The molecule has 0 aromatic heterocycles. The number of nitrogens with one attached hydrogen (secondary N) is 1. The maximum atomic E-state index is 13.2. The Kier molecular flexibility index (Phi) is 7.87. The minimum absolute atomic E-state index is 0.0749. The largest absolute Gasteiger partial charge is 0.339 e. The van der Waals surface area contributed by atoms with Gasteiger partial charge in [0.1, 0.15) is 0 Å². The maximum absolute atomic E-state index is 13.2. The van der Waals surface area contributed by atoms with Crippen molar-refractivity contribution in [2.24, 2.45) is 5.92 Å². The zero-order valence-corrected chi connectivity index (χ0v) is 20.0. The Balaban J connectivity index is 1.72. The predicted octanol–water partition coefficient (Wildman–Crippen LogP) is 3.12. The third kappa shape index (κ3) is 6.10. The lowest BCUT2D eigenvalue weighted by Gasteiger charge is -2.35. The van der Waals surface area contributed by atoms with Gasteiger partial charge >= 0.3 is 0 Å². The molecule has 10 nitrogen and oxygen atoms in total. The molecule has 0 radical (unpaired) electrons. The first-order valence-electron chi connectivity index (χ1n) is 11.0. The van der Waals surface area contributed by atoms with E-state index in [0.29, 0.717) is 38.5 Å². The molecule has 0 bridgehead atoms. The van der Waals surface area contributed by atoms with E-state index in [-0.39, 0.29) is 33.6 Å². The second-order valence-electron chi connectivity index (χ2n) is 8.51. The summed E-state index contributed by atoms with van der Waals surface area (Å²) in [5.41, 5.74) is -0.112. The van der Waals surface area contributed by atoms with Crippen molar-refractivity contribution in [2.45, 2.75) is 31.6 Å². The molecule has 11 heteroatoms. The number of hydrogen-bond acceptors (Lipinski definition) is 6. The highest BCUT2D eigenvalue weighted by molar-refractivity contribution is 7.92. The summed E-state index contributed by atoms with van der Waals surface area (Å²) >= 11 is 0. The summed E-state index contributed by atoms with van der Waals surface area (Å²) in [4.78, 5) is 38.9. The SMILES string of the molecule is CC(C)CCC(=O)N1CCN(C(=O)c2ccccc2NS(=O)(=O)c2cccc([N+](=O)[O-])c2)CC1. The first-order chi connectivity index (χ1) is 16.1. The second-order valence-corrected chi connectivity index (χ2v) is 10.2. The number of hydrogen-bond donors (Lipinski definition) is 1. The van der Waals surface area contributed by atoms with E-state index in [2.05, 4.69) is 18.6 Å². The topological polar surface area (TPSA) is 130 Å². The highest BCUT2D eigenvalue weighted by Gasteiger charge is 2.27. The fourth-order valence-electron chi connectivity index (χ4n) is 3.63. The number of amides is 2. The number of carbonyl (C=O) groups is 2. The number of nitro benzene ring substituents is 1. The van der Waals surface area contributed by atoms with Crippen LogP contribution in [-0.4, -0.2) is 61.1 Å². The number of nitrogens with zero attached hydrogens (tertiary/aromatic N) is 3. The molecule has 1 N–H and O–H groups in total. The number of piperazine rings is 1. The van der Waals surface area contributed by atoms with Gasteiger partial charge in [-0.3, -0.25) is 24.4 Å². The standard InChI is InChI=1S/C23H28N4O6S/c1-17(2)10-11-22(28)25-12-14-26(15-13-25)23(29)20-8-3-4-9-21(20)24-34(32,33)19-7-5-6-18(16-19)27(30)31/h3-9,16-17,24H,10-15H2,1-2H3. The van der Waals surface area contributed by atoms with Gasteiger partial charge in [0.2, 0.25) is 5.91 Å². The van der Waals surface area contributed by atoms with E-state index in [1.54, 1.807) is 21.9 Å². The number of benzene rings is 2. The van der Waals surface area contributed by atoms with E-state index in [9.17, 15) is 28.1 Å². The summed E-state index contributed by atoms with van der Waals surface area (Å²) in [5.74, 6) is 0.159. The molecular formula is C23H28N4O6S. The summed E-state index contributed by atoms with van der Waals surface area (Å²) < 4.78 is 28.1. The molecule has 1 saturated heterocycles. The van der Waals surface area contributed by atoms with Gasteiger partial charge in [0.05, 0.1) is 21.1 Å². The molecule has 182 valence electrons. The fourth-order valence-corrected chi connectivity index (χ4v) is 4.75. The van der Waals surface area contributed by atoms with E-state index in [4.69, 9.17) is 0 Å². The molecule has 1 fully saturated rings. The third-order valence-corrected chi connectivity index (χ3v) is 6.96. The number of nitro groups is 1. The summed E-state index contributed by atoms with van der Waals surface area (Å²) in [6.45, 7) is 5.66. The smallest absolute Gasteiger partial charge is 0.270 e. The molecule has 0 unspecified atom stereocenters. The van der Waals surface area contributed by atoms with E-state index in [1.807, 2.05) is 0 Å². The number of non-ortho nitro benzene ring substituents is 1. The van der Waals surface area contributed by atoms with Crippen molar-refractivity contribution >= 4 is 33.2 Å². The highest BCUT2D eigenvalue weighted by Crippen LogP contribution is 2.24. The van der Waals surface area contributed by atoms with Gasteiger partial charge in [0, 0.05) is 44.7 Å². The van der Waals surface area contributed by atoms with E-state index >= 15 is 0 Å². The van der Waals surface area contributed by atoms with Crippen LogP contribution in [0.5, 0.6) is 0 Å². The Morgan fingerprint density at radius 1 is 1.03 bits per heavy atom. The van der Waals surface area contributed by atoms with Crippen LogP contribution in [0.4, 0.5) is 11.4 Å². The van der Waals surface area contributed by atoms with E-state index in [0.717, 1.165) is 12.5 Å². The molecule has 1 heterocycles. The molecule has 0 aliphatic carbocycles. The number of rotatable bonds is 8. The monoisotopic (exact) mass is 488 g/mol. The molecule has 2 aromatic carbocycles. The highest BCUT2D eigenvalue weighted by atomic mass is 32.2. The average Bonchev–Trinajstić information content (AvgIpc) is 2.82. The number of anilines is 1. The molecular weight excluding hydrogens is 460 g/mol. The normalized spacial score (nSPS) is 14.2. The molecule has 0 atom stereocenters. The Morgan fingerprint density at radius 3 is 2.32 bits per heavy atom. The zero-order valence-electron chi connectivity index (χ0n) is 19.1. The Labute approximate surface area is 198 Å². The molecule has 1 aliphatic heterocycles.